The highest BCUT2D eigenvalue weighted by Crippen LogP contribution is 2.29. The molecule has 0 aliphatic carbocycles. The van der Waals surface area contributed by atoms with E-state index in [1.807, 2.05) is 13.8 Å². The molecule has 0 aliphatic rings. The van der Waals surface area contributed by atoms with Crippen LogP contribution in [-0.2, 0) is 6.42 Å². The highest BCUT2D eigenvalue weighted by atomic mass is 35.5. The smallest absolute Gasteiger partial charge is 0.255 e. The van der Waals surface area contributed by atoms with Crippen molar-refractivity contribution >= 4 is 40.7 Å². The van der Waals surface area contributed by atoms with Crippen molar-refractivity contribution in [3.8, 4) is 5.75 Å². The van der Waals surface area contributed by atoms with Crippen molar-refractivity contribution < 1.29 is 9.53 Å². The van der Waals surface area contributed by atoms with Gasteiger partial charge in [-0.2, -0.15) is 0 Å². The summed E-state index contributed by atoms with van der Waals surface area (Å²) >= 11 is 13.8. The summed E-state index contributed by atoms with van der Waals surface area (Å²) in [4.78, 5) is 32.9. The van der Waals surface area contributed by atoms with Gasteiger partial charge in [-0.1, -0.05) is 67.0 Å². The van der Waals surface area contributed by atoms with Crippen LogP contribution in [-0.4, -0.2) is 28.6 Å². The molecule has 1 heterocycles. The first-order valence-corrected chi connectivity index (χ1v) is 11.4. The van der Waals surface area contributed by atoms with Crippen molar-refractivity contribution in [2.75, 3.05) is 12.9 Å². The number of para-hydroxylation sites is 1. The van der Waals surface area contributed by atoms with E-state index < -0.39 is 0 Å². The average Bonchev–Trinajstić information content (AvgIpc) is 2.74. The predicted molar refractivity (Wildman–Crippen MR) is 126 cm³/mol. The third-order valence-electron chi connectivity index (χ3n) is 4.74. The monoisotopic (exact) mass is 476 g/mol. The number of halogens is 2. The highest BCUT2D eigenvalue weighted by Gasteiger charge is 2.19. The molecule has 1 aromatic heterocycles. The summed E-state index contributed by atoms with van der Waals surface area (Å²) in [7, 11) is 1.52. The van der Waals surface area contributed by atoms with E-state index in [1.54, 1.807) is 42.5 Å². The van der Waals surface area contributed by atoms with Crippen LogP contribution in [0.4, 0.5) is 0 Å². The third-order valence-corrected chi connectivity index (χ3v) is 6.32. The lowest BCUT2D eigenvalue weighted by atomic mass is 9.98. The molecule has 162 valence electrons. The third kappa shape index (κ3) is 5.50. The second kappa shape index (κ2) is 10.4. The van der Waals surface area contributed by atoms with E-state index in [9.17, 15) is 9.59 Å². The molecule has 0 radical (unpaired) electrons. The van der Waals surface area contributed by atoms with Crippen molar-refractivity contribution in [2.24, 2.45) is 0 Å². The van der Waals surface area contributed by atoms with Gasteiger partial charge in [-0.3, -0.25) is 9.59 Å². The van der Waals surface area contributed by atoms with E-state index in [0.717, 1.165) is 0 Å². The van der Waals surface area contributed by atoms with Gasteiger partial charge in [0.25, 0.3) is 5.56 Å². The highest BCUT2D eigenvalue weighted by molar-refractivity contribution is 7.99. The Bertz CT molecular complexity index is 1140. The molecule has 3 aromatic rings. The molecule has 5 nitrogen and oxygen atoms in total. The molecular weight excluding hydrogens is 455 g/mol. The van der Waals surface area contributed by atoms with Gasteiger partial charge in [-0.15, -0.1) is 0 Å². The quantitative estimate of drug-likeness (QED) is 0.253. The first-order valence-electron chi connectivity index (χ1n) is 9.66. The molecule has 1 N–H and O–H groups in total. The van der Waals surface area contributed by atoms with E-state index >= 15 is 0 Å². The average molecular weight is 477 g/mol. The van der Waals surface area contributed by atoms with E-state index in [4.69, 9.17) is 27.9 Å². The number of nitrogens with one attached hydrogen (secondary N) is 1. The maximum Gasteiger partial charge on any atom is 0.255 e. The maximum atomic E-state index is 12.8. The fraction of sp³-hybridized carbons (Fsp3) is 0.261. The van der Waals surface area contributed by atoms with E-state index in [2.05, 4.69) is 9.97 Å². The van der Waals surface area contributed by atoms with E-state index in [1.165, 1.54) is 18.9 Å². The Kier molecular flexibility index (Phi) is 7.81. The molecule has 0 amide bonds. The fourth-order valence-electron chi connectivity index (χ4n) is 3.26. The number of thioether (sulfide) groups is 1. The number of rotatable bonds is 8. The van der Waals surface area contributed by atoms with Gasteiger partial charge < -0.3 is 9.72 Å². The molecule has 0 bridgehead atoms. The second-order valence-corrected chi connectivity index (χ2v) is 8.95. The first kappa shape index (κ1) is 23.4. The van der Waals surface area contributed by atoms with Gasteiger partial charge in [-0.25, -0.2) is 4.98 Å². The zero-order valence-electron chi connectivity index (χ0n) is 17.4. The molecule has 0 spiro atoms. The summed E-state index contributed by atoms with van der Waals surface area (Å²) in [6.07, 6.45) is 0.323. The topological polar surface area (TPSA) is 72.0 Å². The van der Waals surface area contributed by atoms with Crippen LogP contribution >= 0.6 is 35.0 Å². The normalized spacial score (nSPS) is 11.0. The van der Waals surface area contributed by atoms with Crippen LogP contribution in [0.2, 0.25) is 10.0 Å². The summed E-state index contributed by atoms with van der Waals surface area (Å²) in [5.74, 6) is 0.464. The number of nitrogens with zero attached hydrogens (tertiary/aromatic N) is 1. The molecule has 0 fully saturated rings. The number of methoxy groups -OCH3 is 1. The molecule has 0 atom stereocenters. The molecule has 0 aliphatic heterocycles. The number of carbonyl (C=O) groups is 1. The number of aromatic amines is 1. The van der Waals surface area contributed by atoms with Gasteiger partial charge in [-0.05, 0) is 35.7 Å². The summed E-state index contributed by atoms with van der Waals surface area (Å²) in [6, 6.07) is 12.3. The Balaban J connectivity index is 1.90. The van der Waals surface area contributed by atoms with Crippen molar-refractivity contribution in [1.29, 1.82) is 0 Å². The van der Waals surface area contributed by atoms with Crippen molar-refractivity contribution in [1.82, 2.24) is 9.97 Å². The molecule has 3 rings (SSSR count). The van der Waals surface area contributed by atoms with Crippen LogP contribution in [0.15, 0.2) is 52.4 Å². The number of benzene rings is 2. The number of ether oxygens (including phenoxy) is 1. The van der Waals surface area contributed by atoms with Gasteiger partial charge in [0.2, 0.25) is 0 Å². The van der Waals surface area contributed by atoms with E-state index in [-0.39, 0.29) is 23.0 Å². The SMILES string of the molecule is COc1ccccc1C(=O)CSc1nc(Cc2c(Cl)cccc2Cl)c(C(C)C)c(=O)[nH]1. The minimum atomic E-state index is -0.226. The van der Waals surface area contributed by atoms with Crippen LogP contribution in [0.3, 0.4) is 0 Å². The van der Waals surface area contributed by atoms with Crippen LogP contribution < -0.4 is 10.3 Å². The lowest BCUT2D eigenvalue weighted by Gasteiger charge is -2.14. The van der Waals surface area contributed by atoms with Crippen LogP contribution in [0.5, 0.6) is 5.75 Å². The lowest BCUT2D eigenvalue weighted by Crippen LogP contribution is -2.20. The van der Waals surface area contributed by atoms with Crippen molar-refractivity contribution in [3.63, 3.8) is 0 Å². The zero-order valence-corrected chi connectivity index (χ0v) is 19.7. The summed E-state index contributed by atoms with van der Waals surface area (Å²) in [5.41, 5.74) is 2.15. The molecule has 2 aromatic carbocycles. The maximum absolute atomic E-state index is 12.8. The van der Waals surface area contributed by atoms with Crippen molar-refractivity contribution in [3.05, 3.63) is 85.2 Å². The Morgan fingerprint density at radius 2 is 1.81 bits per heavy atom. The molecular formula is C23H22Cl2N2O3S. The summed E-state index contributed by atoms with van der Waals surface area (Å²) < 4.78 is 5.26. The van der Waals surface area contributed by atoms with Crippen LogP contribution in [0.1, 0.15) is 46.9 Å². The van der Waals surface area contributed by atoms with Crippen LogP contribution in [0.25, 0.3) is 0 Å². The number of H-pyrrole nitrogens is 1. The second-order valence-electron chi connectivity index (χ2n) is 7.18. The van der Waals surface area contributed by atoms with E-state index in [0.29, 0.717) is 49.8 Å². The van der Waals surface area contributed by atoms with Crippen molar-refractivity contribution in [2.45, 2.75) is 31.3 Å². The largest absolute Gasteiger partial charge is 0.496 e. The predicted octanol–water partition coefficient (Wildman–Crippen LogP) is 5.77. The number of hydrogen-bond donors (Lipinski definition) is 1. The standard InChI is InChI=1S/C23H22Cl2N2O3S/c1-13(2)21-18(11-15-16(24)8-6-9-17(15)25)26-23(27-22(21)29)31-12-19(28)14-7-4-5-10-20(14)30-3/h4-10,13H,11-12H2,1-3H3,(H,26,27,29). The Hall–Kier alpha value is -2.28. The van der Waals surface area contributed by atoms with Gasteiger partial charge in [0.15, 0.2) is 10.9 Å². The number of carbonyl (C=O) groups excluding carboxylic acids is 1. The van der Waals surface area contributed by atoms with Gasteiger partial charge in [0.05, 0.1) is 24.1 Å². The molecule has 0 saturated heterocycles. The zero-order chi connectivity index (χ0) is 22.5. The molecule has 31 heavy (non-hydrogen) atoms. The number of Topliss-reactive ketones (excluding diaryl/α,β-unsaturated/α-hetero) is 1. The fourth-order valence-corrected chi connectivity index (χ4v) is 4.55. The number of aromatic nitrogens is 2. The number of hydrogen-bond acceptors (Lipinski definition) is 5. The summed E-state index contributed by atoms with van der Waals surface area (Å²) in [5, 5.41) is 1.41. The molecule has 0 unspecified atom stereocenters. The van der Waals surface area contributed by atoms with Gasteiger partial charge in [0.1, 0.15) is 5.75 Å². The Morgan fingerprint density at radius 1 is 1.13 bits per heavy atom. The van der Waals surface area contributed by atoms with Gasteiger partial charge >= 0.3 is 0 Å². The Labute approximate surface area is 195 Å². The minimum absolute atomic E-state index is 0.0400. The minimum Gasteiger partial charge on any atom is -0.496 e. The summed E-state index contributed by atoms with van der Waals surface area (Å²) in [6.45, 7) is 3.87. The molecule has 0 saturated carbocycles. The Morgan fingerprint density at radius 3 is 2.45 bits per heavy atom. The molecule has 8 heteroatoms. The lowest BCUT2D eigenvalue weighted by molar-refractivity contribution is 0.101. The first-order chi connectivity index (χ1) is 14.8. The number of ketones is 1. The van der Waals surface area contributed by atoms with Gasteiger partial charge in [0, 0.05) is 22.0 Å². The van der Waals surface area contributed by atoms with Crippen LogP contribution in [0, 0.1) is 0 Å².